The first-order chi connectivity index (χ1) is 10.4. The van der Waals surface area contributed by atoms with Crippen molar-refractivity contribution in [1.82, 2.24) is 19.6 Å². The first-order valence-electron chi connectivity index (χ1n) is 7.66. The Balaban J connectivity index is 1.86. The normalized spacial score (nSPS) is 27.8. The van der Waals surface area contributed by atoms with Gasteiger partial charge in [-0.1, -0.05) is 6.92 Å². The third kappa shape index (κ3) is 2.77. The van der Waals surface area contributed by atoms with Crippen molar-refractivity contribution in [2.24, 2.45) is 7.05 Å². The molecule has 0 radical (unpaired) electrons. The Labute approximate surface area is 130 Å². The Hall–Kier alpha value is -1.41. The van der Waals surface area contributed by atoms with Gasteiger partial charge in [-0.15, -0.1) is 0 Å². The molecule has 1 aromatic rings. The number of hydrogen-bond acceptors (Lipinski definition) is 5. The van der Waals surface area contributed by atoms with Crippen LogP contribution in [-0.4, -0.2) is 77.1 Å². The number of aromatic nitrogens is 2. The number of piperazine rings is 1. The average molecular weight is 326 g/mol. The molecule has 7 nitrogen and oxygen atoms in total. The maximum absolute atomic E-state index is 12.7. The van der Waals surface area contributed by atoms with Crippen LogP contribution >= 0.6 is 0 Å². The SMILES string of the molecule is CCCN1CCN(C(=O)c2ccn(C)n2)[C@H]2CS(=O)(=O)C[C@H]21. The van der Waals surface area contributed by atoms with Crippen LogP contribution in [0.2, 0.25) is 0 Å². The number of hydrogen-bond donors (Lipinski definition) is 0. The summed E-state index contributed by atoms with van der Waals surface area (Å²) < 4.78 is 25.7. The molecule has 2 saturated heterocycles. The largest absolute Gasteiger partial charge is 0.330 e. The van der Waals surface area contributed by atoms with Gasteiger partial charge in [0, 0.05) is 32.4 Å². The van der Waals surface area contributed by atoms with E-state index in [-0.39, 0.29) is 29.5 Å². The van der Waals surface area contributed by atoms with E-state index in [2.05, 4.69) is 16.9 Å². The molecule has 3 rings (SSSR count). The summed E-state index contributed by atoms with van der Waals surface area (Å²) >= 11 is 0. The zero-order chi connectivity index (χ0) is 15.9. The summed E-state index contributed by atoms with van der Waals surface area (Å²) in [6.07, 6.45) is 2.71. The Kier molecular flexibility index (Phi) is 3.98. The summed E-state index contributed by atoms with van der Waals surface area (Å²) in [7, 11) is -1.32. The molecule has 22 heavy (non-hydrogen) atoms. The van der Waals surface area contributed by atoms with Gasteiger partial charge in [-0.05, 0) is 19.0 Å². The van der Waals surface area contributed by atoms with Crippen molar-refractivity contribution in [3.8, 4) is 0 Å². The lowest BCUT2D eigenvalue weighted by molar-refractivity contribution is 0.0328. The predicted molar refractivity (Wildman–Crippen MR) is 82.3 cm³/mol. The van der Waals surface area contributed by atoms with Crippen LogP contribution in [0.1, 0.15) is 23.8 Å². The molecule has 2 fully saturated rings. The fourth-order valence-electron chi connectivity index (χ4n) is 3.52. The molecule has 3 heterocycles. The van der Waals surface area contributed by atoms with Gasteiger partial charge in [0.05, 0.1) is 17.5 Å². The Morgan fingerprint density at radius 2 is 2.05 bits per heavy atom. The molecule has 0 aliphatic carbocycles. The van der Waals surface area contributed by atoms with E-state index in [1.54, 1.807) is 28.9 Å². The highest BCUT2D eigenvalue weighted by Crippen LogP contribution is 2.28. The van der Waals surface area contributed by atoms with Crippen LogP contribution < -0.4 is 0 Å². The minimum Gasteiger partial charge on any atom is -0.330 e. The van der Waals surface area contributed by atoms with Crippen molar-refractivity contribution >= 4 is 15.7 Å². The van der Waals surface area contributed by atoms with E-state index in [4.69, 9.17) is 0 Å². The number of rotatable bonds is 3. The van der Waals surface area contributed by atoms with Crippen molar-refractivity contribution in [3.05, 3.63) is 18.0 Å². The van der Waals surface area contributed by atoms with Gasteiger partial charge in [-0.25, -0.2) is 8.42 Å². The number of carbonyl (C=O) groups excluding carboxylic acids is 1. The second kappa shape index (κ2) is 5.66. The third-order valence-corrected chi connectivity index (χ3v) is 6.19. The van der Waals surface area contributed by atoms with Crippen LogP contribution in [0.5, 0.6) is 0 Å². The van der Waals surface area contributed by atoms with Gasteiger partial charge < -0.3 is 4.90 Å². The van der Waals surface area contributed by atoms with Crippen molar-refractivity contribution in [2.45, 2.75) is 25.4 Å². The van der Waals surface area contributed by atoms with Crippen LogP contribution in [0, 0.1) is 0 Å². The highest BCUT2D eigenvalue weighted by Gasteiger charge is 2.48. The van der Waals surface area contributed by atoms with Crippen LogP contribution in [0.15, 0.2) is 12.3 Å². The van der Waals surface area contributed by atoms with E-state index in [1.165, 1.54) is 0 Å². The Morgan fingerprint density at radius 3 is 2.68 bits per heavy atom. The molecule has 2 aliphatic rings. The van der Waals surface area contributed by atoms with Crippen LogP contribution in [0.25, 0.3) is 0 Å². The molecule has 0 bridgehead atoms. The molecular formula is C14H22N4O3S. The number of sulfone groups is 1. The van der Waals surface area contributed by atoms with Gasteiger partial charge in [0.15, 0.2) is 9.84 Å². The lowest BCUT2D eigenvalue weighted by Gasteiger charge is -2.43. The Morgan fingerprint density at radius 1 is 1.32 bits per heavy atom. The highest BCUT2D eigenvalue weighted by atomic mass is 32.2. The summed E-state index contributed by atoms with van der Waals surface area (Å²) in [4.78, 5) is 16.6. The first-order valence-corrected chi connectivity index (χ1v) is 9.48. The quantitative estimate of drug-likeness (QED) is 0.766. The smallest absolute Gasteiger partial charge is 0.274 e. The molecule has 2 aliphatic heterocycles. The summed E-state index contributed by atoms with van der Waals surface area (Å²) in [6.45, 7) is 4.25. The molecule has 1 aromatic heterocycles. The Bertz CT molecular complexity index is 669. The summed E-state index contributed by atoms with van der Waals surface area (Å²) in [6, 6.07) is 1.35. The summed E-state index contributed by atoms with van der Waals surface area (Å²) in [5.41, 5.74) is 0.384. The second-order valence-electron chi connectivity index (χ2n) is 6.12. The number of nitrogens with zero attached hydrogens (tertiary/aromatic N) is 4. The minimum atomic E-state index is -3.08. The van der Waals surface area contributed by atoms with Gasteiger partial charge in [-0.2, -0.15) is 5.10 Å². The fourth-order valence-corrected chi connectivity index (χ4v) is 5.53. The molecule has 1 amide bonds. The molecule has 0 unspecified atom stereocenters. The molecule has 2 atom stereocenters. The first kappa shape index (κ1) is 15.5. The van der Waals surface area contributed by atoms with Crippen LogP contribution in [0.3, 0.4) is 0 Å². The van der Waals surface area contributed by atoms with Crippen LogP contribution in [-0.2, 0) is 16.9 Å². The lowest BCUT2D eigenvalue weighted by atomic mass is 10.0. The van der Waals surface area contributed by atoms with Gasteiger partial charge >= 0.3 is 0 Å². The van der Waals surface area contributed by atoms with E-state index in [1.807, 2.05) is 0 Å². The monoisotopic (exact) mass is 326 g/mol. The third-order valence-electron chi connectivity index (χ3n) is 4.50. The molecular weight excluding hydrogens is 304 g/mol. The topological polar surface area (TPSA) is 75.5 Å². The number of fused-ring (bicyclic) bond motifs is 1. The van der Waals surface area contributed by atoms with Gasteiger partial charge in [-0.3, -0.25) is 14.4 Å². The van der Waals surface area contributed by atoms with E-state index in [0.717, 1.165) is 19.5 Å². The lowest BCUT2D eigenvalue weighted by Crippen LogP contribution is -2.60. The maximum Gasteiger partial charge on any atom is 0.274 e. The number of carbonyl (C=O) groups is 1. The van der Waals surface area contributed by atoms with Gasteiger partial charge in [0.1, 0.15) is 5.69 Å². The molecule has 122 valence electrons. The predicted octanol–water partition coefficient (Wildman–Crippen LogP) is -0.246. The zero-order valence-electron chi connectivity index (χ0n) is 13.0. The van der Waals surface area contributed by atoms with Crippen molar-refractivity contribution < 1.29 is 13.2 Å². The molecule has 0 aromatic carbocycles. The van der Waals surface area contributed by atoms with E-state index in [0.29, 0.717) is 12.2 Å². The number of amides is 1. The van der Waals surface area contributed by atoms with Crippen molar-refractivity contribution in [3.63, 3.8) is 0 Å². The summed E-state index contributed by atoms with van der Waals surface area (Å²) in [5.74, 6) is 0.0592. The van der Waals surface area contributed by atoms with E-state index in [9.17, 15) is 13.2 Å². The van der Waals surface area contributed by atoms with Crippen molar-refractivity contribution in [1.29, 1.82) is 0 Å². The average Bonchev–Trinajstić information content (AvgIpc) is 3.01. The molecule has 0 saturated carbocycles. The van der Waals surface area contributed by atoms with Gasteiger partial charge in [0.25, 0.3) is 5.91 Å². The second-order valence-corrected chi connectivity index (χ2v) is 8.27. The summed E-state index contributed by atoms with van der Waals surface area (Å²) in [5, 5.41) is 4.15. The van der Waals surface area contributed by atoms with E-state index < -0.39 is 9.84 Å². The zero-order valence-corrected chi connectivity index (χ0v) is 13.8. The fraction of sp³-hybridized carbons (Fsp3) is 0.714. The highest BCUT2D eigenvalue weighted by molar-refractivity contribution is 7.91. The molecule has 8 heteroatoms. The van der Waals surface area contributed by atoms with Gasteiger partial charge in [0.2, 0.25) is 0 Å². The van der Waals surface area contributed by atoms with Crippen molar-refractivity contribution in [2.75, 3.05) is 31.1 Å². The van der Waals surface area contributed by atoms with Crippen LogP contribution in [0.4, 0.5) is 0 Å². The standard InChI is InChI=1S/C14H22N4O3S/c1-3-5-17-7-8-18(13-10-22(20,21)9-12(13)17)14(19)11-4-6-16(2)15-11/h4,6,12-13H,3,5,7-10H2,1-2H3/t12-,13+/m1/s1. The maximum atomic E-state index is 12.7. The molecule has 0 N–H and O–H groups in total. The molecule has 0 spiro atoms. The van der Waals surface area contributed by atoms with E-state index >= 15 is 0 Å². The minimum absolute atomic E-state index is 0.0659. The number of aryl methyl sites for hydroxylation is 1.